The first-order valence-electron chi connectivity index (χ1n) is 7.62. The molecule has 1 aromatic rings. The van der Waals surface area contributed by atoms with Gasteiger partial charge in [0.1, 0.15) is 5.82 Å². The third-order valence-electron chi connectivity index (χ3n) is 3.64. The smallest absolute Gasteiger partial charge is 0.237 e. The van der Waals surface area contributed by atoms with Gasteiger partial charge in [-0.3, -0.25) is 14.5 Å². The molecule has 2 N–H and O–H groups in total. The summed E-state index contributed by atoms with van der Waals surface area (Å²) in [5.41, 5.74) is 0.718. The van der Waals surface area contributed by atoms with Crippen molar-refractivity contribution >= 4 is 23.4 Å². The normalized spacial score (nSPS) is 18.8. The predicted octanol–water partition coefficient (Wildman–Crippen LogP) is 1.69. The summed E-state index contributed by atoms with van der Waals surface area (Å²) in [5, 5.41) is 5.63. The van der Waals surface area contributed by atoms with Crippen LogP contribution in [0, 0.1) is 5.82 Å². The molecule has 1 fully saturated rings. The van der Waals surface area contributed by atoms with Gasteiger partial charge in [0, 0.05) is 25.7 Å². The number of carbonyl (C=O) groups is 2. The first kappa shape index (κ1) is 17.7. The fourth-order valence-electron chi connectivity index (χ4n) is 2.60. The van der Waals surface area contributed by atoms with Crippen LogP contribution in [-0.2, 0) is 16.1 Å². The van der Waals surface area contributed by atoms with Gasteiger partial charge in [-0.1, -0.05) is 17.7 Å². The molecule has 1 atom stereocenters. The molecule has 0 saturated carbocycles. The zero-order valence-electron chi connectivity index (χ0n) is 13.2. The summed E-state index contributed by atoms with van der Waals surface area (Å²) in [6, 6.07) is 4.05. The molecule has 0 radical (unpaired) electrons. The van der Waals surface area contributed by atoms with Crippen molar-refractivity contribution in [1.82, 2.24) is 15.5 Å². The Bertz CT molecular complexity index is 595. The van der Waals surface area contributed by atoms with E-state index in [1.165, 1.54) is 12.1 Å². The highest BCUT2D eigenvalue weighted by Gasteiger charge is 2.31. The zero-order chi connectivity index (χ0) is 17.0. The predicted molar refractivity (Wildman–Crippen MR) is 86.5 cm³/mol. The van der Waals surface area contributed by atoms with Crippen molar-refractivity contribution in [2.45, 2.75) is 38.9 Å². The van der Waals surface area contributed by atoms with E-state index in [2.05, 4.69) is 10.6 Å². The Kier molecular flexibility index (Phi) is 5.96. The monoisotopic (exact) mass is 341 g/mol. The van der Waals surface area contributed by atoms with Gasteiger partial charge in [0.25, 0.3) is 0 Å². The van der Waals surface area contributed by atoms with Gasteiger partial charge in [0.2, 0.25) is 11.8 Å². The van der Waals surface area contributed by atoms with Crippen molar-refractivity contribution < 1.29 is 14.0 Å². The highest BCUT2D eigenvalue weighted by atomic mass is 35.5. The molecule has 23 heavy (non-hydrogen) atoms. The number of hydrogen-bond donors (Lipinski definition) is 2. The second kappa shape index (κ2) is 7.75. The molecule has 1 saturated heterocycles. The number of hydrogen-bond acceptors (Lipinski definition) is 3. The molecule has 0 unspecified atom stereocenters. The lowest BCUT2D eigenvalue weighted by molar-refractivity contribution is -0.134. The minimum Gasteiger partial charge on any atom is -0.354 e. The van der Waals surface area contributed by atoms with Crippen LogP contribution in [0.2, 0.25) is 5.02 Å². The minimum absolute atomic E-state index is 0.0213. The van der Waals surface area contributed by atoms with Crippen molar-refractivity contribution in [1.29, 1.82) is 0 Å². The molecule has 1 aliphatic rings. The van der Waals surface area contributed by atoms with E-state index in [9.17, 15) is 14.0 Å². The fraction of sp³-hybridized carbons (Fsp3) is 0.500. The molecule has 0 spiro atoms. The fourth-order valence-corrected chi connectivity index (χ4v) is 2.72. The van der Waals surface area contributed by atoms with Crippen LogP contribution in [0.15, 0.2) is 18.2 Å². The Morgan fingerprint density at radius 2 is 2.26 bits per heavy atom. The molecule has 1 aliphatic heterocycles. The molecule has 0 bridgehead atoms. The molecular formula is C16H21ClFN3O2. The van der Waals surface area contributed by atoms with Crippen molar-refractivity contribution in [3.8, 4) is 0 Å². The minimum atomic E-state index is -0.554. The molecule has 1 aromatic carbocycles. The van der Waals surface area contributed by atoms with E-state index in [0.717, 1.165) is 5.56 Å². The first-order chi connectivity index (χ1) is 10.9. The standard InChI is InChI=1S/C16H21ClFN3O2/c1-10(2)20-15(22)8-14-16(23)19-5-6-21(14)9-11-3-4-12(17)13(18)7-11/h3-4,7,10,14H,5-6,8-9H2,1-2H3,(H,19,23)(H,20,22)/t14-/m0/s1. The molecule has 0 aliphatic carbocycles. The molecule has 0 aromatic heterocycles. The number of nitrogens with zero attached hydrogens (tertiary/aromatic N) is 1. The number of piperazine rings is 1. The summed E-state index contributed by atoms with van der Waals surface area (Å²) in [4.78, 5) is 26.0. The van der Waals surface area contributed by atoms with E-state index in [1.54, 1.807) is 6.07 Å². The van der Waals surface area contributed by atoms with Gasteiger partial charge in [-0.25, -0.2) is 4.39 Å². The summed E-state index contributed by atoms with van der Waals surface area (Å²) in [5.74, 6) is -0.835. The van der Waals surface area contributed by atoms with E-state index in [1.807, 2.05) is 18.7 Å². The first-order valence-corrected chi connectivity index (χ1v) is 7.99. The summed E-state index contributed by atoms with van der Waals surface area (Å²) in [6.45, 7) is 5.24. The lowest BCUT2D eigenvalue weighted by atomic mass is 10.1. The van der Waals surface area contributed by atoms with Gasteiger partial charge < -0.3 is 10.6 Å². The number of rotatable bonds is 5. The Balaban J connectivity index is 2.08. The van der Waals surface area contributed by atoms with Crippen LogP contribution in [0.3, 0.4) is 0 Å². The van der Waals surface area contributed by atoms with Crippen LogP contribution in [0.1, 0.15) is 25.8 Å². The van der Waals surface area contributed by atoms with E-state index in [-0.39, 0.29) is 29.3 Å². The number of benzene rings is 1. The zero-order valence-corrected chi connectivity index (χ0v) is 14.0. The quantitative estimate of drug-likeness (QED) is 0.857. The highest BCUT2D eigenvalue weighted by molar-refractivity contribution is 6.30. The summed E-state index contributed by atoms with van der Waals surface area (Å²) in [7, 11) is 0. The molecule has 5 nitrogen and oxygen atoms in total. The van der Waals surface area contributed by atoms with Crippen molar-refractivity contribution in [2.75, 3.05) is 13.1 Å². The van der Waals surface area contributed by atoms with Gasteiger partial charge in [-0.05, 0) is 31.5 Å². The van der Waals surface area contributed by atoms with E-state index >= 15 is 0 Å². The SMILES string of the molecule is CC(C)NC(=O)C[C@H]1C(=O)NCCN1Cc1ccc(Cl)c(F)c1. The Morgan fingerprint density at radius 3 is 2.91 bits per heavy atom. The van der Waals surface area contributed by atoms with E-state index < -0.39 is 11.9 Å². The Labute approximate surface area is 140 Å². The second-order valence-electron chi connectivity index (χ2n) is 5.95. The molecular weight excluding hydrogens is 321 g/mol. The van der Waals surface area contributed by atoms with Gasteiger partial charge >= 0.3 is 0 Å². The average Bonchev–Trinajstić information content (AvgIpc) is 2.46. The topological polar surface area (TPSA) is 61.4 Å². The Hall–Kier alpha value is -1.66. The number of nitrogens with one attached hydrogen (secondary N) is 2. The van der Waals surface area contributed by atoms with Gasteiger partial charge in [0.05, 0.1) is 17.5 Å². The average molecular weight is 342 g/mol. The largest absolute Gasteiger partial charge is 0.354 e. The lowest BCUT2D eigenvalue weighted by Gasteiger charge is -2.34. The number of amides is 2. The van der Waals surface area contributed by atoms with Gasteiger partial charge in [-0.15, -0.1) is 0 Å². The lowest BCUT2D eigenvalue weighted by Crippen LogP contribution is -2.56. The van der Waals surface area contributed by atoms with E-state index in [4.69, 9.17) is 11.6 Å². The van der Waals surface area contributed by atoms with Crippen LogP contribution in [0.25, 0.3) is 0 Å². The summed E-state index contributed by atoms with van der Waals surface area (Å²) in [6.07, 6.45) is 0.0834. The molecule has 1 heterocycles. The molecule has 7 heteroatoms. The summed E-state index contributed by atoms with van der Waals surface area (Å²) < 4.78 is 13.6. The number of carbonyl (C=O) groups excluding carboxylic acids is 2. The van der Waals surface area contributed by atoms with Crippen molar-refractivity contribution in [2.24, 2.45) is 0 Å². The van der Waals surface area contributed by atoms with Crippen molar-refractivity contribution in [3.05, 3.63) is 34.6 Å². The molecule has 2 rings (SSSR count). The second-order valence-corrected chi connectivity index (χ2v) is 6.36. The van der Waals surface area contributed by atoms with E-state index in [0.29, 0.717) is 19.6 Å². The van der Waals surface area contributed by atoms with Crippen LogP contribution in [0.4, 0.5) is 4.39 Å². The maximum atomic E-state index is 13.6. The third kappa shape index (κ3) is 4.91. The van der Waals surface area contributed by atoms with Gasteiger partial charge in [-0.2, -0.15) is 0 Å². The van der Waals surface area contributed by atoms with Gasteiger partial charge in [0.15, 0.2) is 0 Å². The maximum Gasteiger partial charge on any atom is 0.237 e. The molecule has 126 valence electrons. The Morgan fingerprint density at radius 1 is 1.52 bits per heavy atom. The van der Waals surface area contributed by atoms with Crippen LogP contribution >= 0.6 is 11.6 Å². The maximum absolute atomic E-state index is 13.6. The third-order valence-corrected chi connectivity index (χ3v) is 3.95. The van der Waals surface area contributed by atoms with Crippen LogP contribution < -0.4 is 10.6 Å². The van der Waals surface area contributed by atoms with Crippen LogP contribution in [-0.4, -0.2) is 41.9 Å². The summed E-state index contributed by atoms with van der Waals surface area (Å²) >= 11 is 5.69. The highest BCUT2D eigenvalue weighted by Crippen LogP contribution is 2.19. The van der Waals surface area contributed by atoms with Crippen LogP contribution in [0.5, 0.6) is 0 Å². The number of halogens is 2. The molecule has 2 amide bonds. The van der Waals surface area contributed by atoms with Crippen molar-refractivity contribution in [3.63, 3.8) is 0 Å².